The third-order valence-electron chi connectivity index (χ3n) is 3.56. The minimum Gasteiger partial charge on any atom is -0.329 e. The zero-order valence-electron chi connectivity index (χ0n) is 13.0. The number of aromatic nitrogens is 1. The van der Waals surface area contributed by atoms with E-state index in [1.54, 1.807) is 6.20 Å². The van der Waals surface area contributed by atoms with E-state index in [9.17, 15) is 4.79 Å². The molecule has 116 valence electrons. The molecular weight excluding hydrogens is 272 g/mol. The van der Waals surface area contributed by atoms with Crippen LogP contribution in [-0.2, 0) is 4.79 Å². The van der Waals surface area contributed by atoms with Gasteiger partial charge in [-0.25, -0.2) is 0 Å². The monoisotopic (exact) mass is 296 g/mol. The molecule has 0 saturated heterocycles. The Balaban J connectivity index is 0.000000320. The number of nitrogens with one attached hydrogen (secondary N) is 1. The maximum absolute atomic E-state index is 10.4. The van der Waals surface area contributed by atoms with E-state index in [-0.39, 0.29) is 1.43 Å². The molecule has 0 spiro atoms. The number of hydrogen-bond donors (Lipinski definition) is 1. The highest BCUT2D eigenvalue weighted by atomic mass is 16.1. The summed E-state index contributed by atoms with van der Waals surface area (Å²) in [6, 6.07) is 11.5. The number of benzene rings is 1. The quantitative estimate of drug-likeness (QED) is 0.640. The van der Waals surface area contributed by atoms with Gasteiger partial charge in [-0.05, 0) is 62.4 Å². The Kier molecular flexibility index (Phi) is 6.37. The van der Waals surface area contributed by atoms with Gasteiger partial charge in [-0.1, -0.05) is 24.3 Å². The van der Waals surface area contributed by atoms with Crippen molar-refractivity contribution in [1.29, 1.82) is 0 Å². The van der Waals surface area contributed by atoms with Crippen molar-refractivity contribution >= 4 is 12.1 Å². The second-order valence-corrected chi connectivity index (χ2v) is 5.26. The Morgan fingerprint density at radius 1 is 1.14 bits per heavy atom. The third kappa shape index (κ3) is 4.85. The van der Waals surface area contributed by atoms with Crippen LogP contribution in [-0.4, -0.2) is 11.4 Å². The normalized spacial score (nSPS) is 13.0. The average Bonchev–Trinajstić information content (AvgIpc) is 2.60. The zero-order valence-corrected chi connectivity index (χ0v) is 13.0. The van der Waals surface area contributed by atoms with Crippen molar-refractivity contribution < 1.29 is 6.22 Å². The Morgan fingerprint density at radius 2 is 1.91 bits per heavy atom. The molecule has 1 aliphatic carbocycles. The number of allylic oxidation sites excluding steroid dienone is 2. The van der Waals surface area contributed by atoms with Gasteiger partial charge in [-0.15, -0.1) is 0 Å². The fraction of sp³-hybridized carbons (Fsp3) is 0.263. The fourth-order valence-electron chi connectivity index (χ4n) is 2.34. The summed E-state index contributed by atoms with van der Waals surface area (Å²) in [6.45, 7) is 2.02. The van der Waals surface area contributed by atoms with Crippen molar-refractivity contribution in [3.05, 3.63) is 60.3 Å². The number of amides is 1. The summed E-state index contributed by atoms with van der Waals surface area (Å²) in [5, 5.41) is 2.64. The molecule has 22 heavy (non-hydrogen) atoms. The van der Waals surface area contributed by atoms with Gasteiger partial charge >= 0.3 is 0 Å². The summed E-state index contributed by atoms with van der Waals surface area (Å²) in [5.41, 5.74) is 3.86. The van der Waals surface area contributed by atoms with Gasteiger partial charge in [0.2, 0.25) is 6.41 Å². The molecule has 1 heterocycles. The fourth-order valence-corrected chi connectivity index (χ4v) is 2.34. The van der Waals surface area contributed by atoms with E-state index in [2.05, 4.69) is 22.5 Å². The van der Waals surface area contributed by atoms with E-state index < -0.39 is 0 Å². The van der Waals surface area contributed by atoms with Gasteiger partial charge in [0.15, 0.2) is 0 Å². The first-order valence-corrected chi connectivity index (χ1v) is 7.68. The van der Waals surface area contributed by atoms with Crippen molar-refractivity contribution in [2.45, 2.75) is 32.6 Å². The van der Waals surface area contributed by atoms with Gasteiger partial charge in [-0.3, -0.25) is 9.78 Å². The molecule has 1 aromatic heterocycles. The molecule has 1 amide bonds. The minimum absolute atomic E-state index is 0. The molecule has 0 bridgehead atoms. The van der Waals surface area contributed by atoms with Crippen molar-refractivity contribution in [1.82, 2.24) is 4.98 Å². The van der Waals surface area contributed by atoms with E-state index in [1.165, 1.54) is 25.7 Å². The second-order valence-electron chi connectivity index (χ2n) is 5.26. The van der Waals surface area contributed by atoms with Gasteiger partial charge < -0.3 is 5.32 Å². The van der Waals surface area contributed by atoms with Crippen LogP contribution in [0.25, 0.3) is 11.3 Å². The highest BCUT2D eigenvalue weighted by Crippen LogP contribution is 2.24. The summed E-state index contributed by atoms with van der Waals surface area (Å²) in [7, 11) is 0. The van der Waals surface area contributed by atoms with Crippen molar-refractivity contribution in [3.8, 4) is 11.3 Å². The Morgan fingerprint density at radius 3 is 2.45 bits per heavy atom. The molecule has 0 atom stereocenters. The number of hydrogen-bond acceptors (Lipinski definition) is 2. The maximum Gasteiger partial charge on any atom is 0.211 e. The highest BCUT2D eigenvalue weighted by molar-refractivity contribution is 5.76. The first-order chi connectivity index (χ1) is 10.8. The molecule has 3 rings (SSSR count). The molecular formula is C19H24N2O. The predicted molar refractivity (Wildman–Crippen MR) is 93.8 cm³/mol. The van der Waals surface area contributed by atoms with E-state index in [0.717, 1.165) is 22.5 Å². The van der Waals surface area contributed by atoms with Crippen molar-refractivity contribution in [2.75, 3.05) is 5.32 Å². The smallest absolute Gasteiger partial charge is 0.211 e. The Hall–Kier alpha value is -2.42. The number of aryl methyl sites for hydroxylation is 1. The molecule has 0 radical (unpaired) electrons. The van der Waals surface area contributed by atoms with Crippen LogP contribution in [0.15, 0.2) is 54.7 Å². The third-order valence-corrected chi connectivity index (χ3v) is 3.56. The van der Waals surface area contributed by atoms with Gasteiger partial charge in [0, 0.05) is 18.9 Å². The number of nitrogens with zero attached hydrogens (tertiary/aromatic N) is 1. The highest BCUT2D eigenvalue weighted by Gasteiger charge is 2.03. The van der Waals surface area contributed by atoms with Gasteiger partial charge in [0.25, 0.3) is 0 Å². The van der Waals surface area contributed by atoms with Crippen LogP contribution in [0.5, 0.6) is 0 Å². The van der Waals surface area contributed by atoms with Gasteiger partial charge in [-0.2, -0.15) is 0 Å². The second kappa shape index (κ2) is 8.78. The molecule has 0 fully saturated rings. The lowest BCUT2D eigenvalue weighted by Crippen LogP contribution is -1.95. The summed E-state index contributed by atoms with van der Waals surface area (Å²) in [6.07, 6.45) is 12.4. The van der Waals surface area contributed by atoms with Gasteiger partial charge in [0.05, 0.1) is 5.69 Å². The molecule has 0 saturated carbocycles. The van der Waals surface area contributed by atoms with E-state index in [1.807, 2.05) is 43.3 Å². The van der Waals surface area contributed by atoms with E-state index in [0.29, 0.717) is 6.41 Å². The summed E-state index contributed by atoms with van der Waals surface area (Å²) in [4.78, 5) is 14.7. The summed E-state index contributed by atoms with van der Waals surface area (Å²) in [5.74, 6) is 0. The predicted octanol–water partition coefficient (Wildman–Crippen LogP) is 4.99. The van der Waals surface area contributed by atoms with Crippen LogP contribution >= 0.6 is 0 Å². The van der Waals surface area contributed by atoms with Crippen LogP contribution in [0.4, 0.5) is 5.69 Å². The molecule has 0 aliphatic heterocycles. The molecule has 2 aromatic rings. The van der Waals surface area contributed by atoms with Crippen LogP contribution < -0.4 is 5.32 Å². The lowest BCUT2D eigenvalue weighted by molar-refractivity contribution is -0.105. The van der Waals surface area contributed by atoms with Crippen molar-refractivity contribution in [2.24, 2.45) is 0 Å². The average molecular weight is 296 g/mol. The molecule has 3 nitrogen and oxygen atoms in total. The Bertz CT molecular complexity index is 619. The molecule has 0 unspecified atom stereocenters. The number of rotatable bonds is 3. The minimum atomic E-state index is 0. The summed E-state index contributed by atoms with van der Waals surface area (Å²) < 4.78 is 0. The standard InChI is InChI=1S/C13H12N2O.C6H10.H2/c1-10-5-6-11(15-9-16)8-12(10)13-4-2-3-7-14-13;1-2-4-6-5-3-1;/h2-9H,1H3,(H,15,16);1-2H,3-6H2;1H. The van der Waals surface area contributed by atoms with Crippen LogP contribution in [0.3, 0.4) is 0 Å². The first-order valence-electron chi connectivity index (χ1n) is 7.68. The number of anilines is 1. The zero-order chi connectivity index (χ0) is 15.6. The topological polar surface area (TPSA) is 42.0 Å². The largest absolute Gasteiger partial charge is 0.329 e. The first kappa shape index (κ1) is 16.0. The van der Waals surface area contributed by atoms with Crippen LogP contribution in [0.1, 0.15) is 32.7 Å². The van der Waals surface area contributed by atoms with E-state index >= 15 is 0 Å². The molecule has 1 N–H and O–H groups in total. The molecule has 1 aliphatic rings. The Labute approximate surface area is 133 Å². The molecule has 1 aromatic carbocycles. The number of carbonyl (C=O) groups excluding carboxylic acids is 1. The summed E-state index contributed by atoms with van der Waals surface area (Å²) >= 11 is 0. The maximum atomic E-state index is 10.4. The lowest BCUT2D eigenvalue weighted by atomic mass is 10.0. The SMILES string of the molecule is C1=CCCCC1.Cc1ccc(NC=O)cc1-c1ccccn1.[HH]. The lowest BCUT2D eigenvalue weighted by Gasteiger charge is -2.07. The van der Waals surface area contributed by atoms with E-state index in [4.69, 9.17) is 0 Å². The molecule has 3 heteroatoms. The van der Waals surface area contributed by atoms with Gasteiger partial charge in [0.1, 0.15) is 0 Å². The van der Waals surface area contributed by atoms with Crippen molar-refractivity contribution in [3.63, 3.8) is 0 Å². The van der Waals surface area contributed by atoms with Crippen LogP contribution in [0, 0.1) is 6.92 Å². The van der Waals surface area contributed by atoms with Crippen LogP contribution in [0.2, 0.25) is 0 Å². The number of pyridine rings is 1. The number of carbonyl (C=O) groups is 1.